The highest BCUT2D eigenvalue weighted by Gasteiger charge is 2.21. The van der Waals surface area contributed by atoms with Gasteiger partial charge in [-0.05, 0) is 24.7 Å². The van der Waals surface area contributed by atoms with Gasteiger partial charge in [-0.3, -0.25) is 4.79 Å². The lowest BCUT2D eigenvalue weighted by Gasteiger charge is -2.17. The topological polar surface area (TPSA) is 55.1 Å². The average Bonchev–Trinajstić information content (AvgIpc) is 3.05. The normalized spacial score (nSPS) is 19.7. The molecule has 2 atom stereocenters. The summed E-state index contributed by atoms with van der Waals surface area (Å²) in [5.41, 5.74) is 5.81. The Bertz CT molecular complexity index is 202. The van der Waals surface area contributed by atoms with Gasteiger partial charge in [-0.2, -0.15) is 0 Å². The molecule has 0 aliphatic heterocycles. The van der Waals surface area contributed by atoms with E-state index in [-0.39, 0.29) is 17.9 Å². The molecule has 3 heteroatoms. The van der Waals surface area contributed by atoms with Gasteiger partial charge in [0.15, 0.2) is 0 Å². The van der Waals surface area contributed by atoms with Crippen LogP contribution in [-0.4, -0.2) is 18.5 Å². The van der Waals surface area contributed by atoms with Gasteiger partial charge in [0.1, 0.15) is 0 Å². The predicted molar refractivity (Wildman–Crippen MR) is 62.4 cm³/mol. The van der Waals surface area contributed by atoms with E-state index in [4.69, 9.17) is 5.73 Å². The molecule has 1 aliphatic rings. The second kappa shape index (κ2) is 6.11. The number of hydrogen-bond donors (Lipinski definition) is 2. The van der Waals surface area contributed by atoms with Gasteiger partial charge < -0.3 is 11.1 Å². The third-order valence-corrected chi connectivity index (χ3v) is 3.35. The van der Waals surface area contributed by atoms with Crippen molar-refractivity contribution in [2.75, 3.05) is 6.54 Å². The highest BCUT2D eigenvalue weighted by molar-refractivity contribution is 5.81. The van der Waals surface area contributed by atoms with Crippen molar-refractivity contribution in [3.8, 4) is 0 Å². The molecular weight excluding hydrogens is 188 g/mol. The number of rotatable bonds is 7. The lowest BCUT2D eigenvalue weighted by Crippen LogP contribution is -2.44. The molecular formula is C12H24N2O. The van der Waals surface area contributed by atoms with Gasteiger partial charge in [0.05, 0.1) is 6.04 Å². The summed E-state index contributed by atoms with van der Waals surface area (Å²) in [6.07, 6.45) is 6.10. The van der Waals surface area contributed by atoms with E-state index < -0.39 is 0 Å². The molecule has 0 heterocycles. The summed E-state index contributed by atoms with van der Waals surface area (Å²) in [5, 5.41) is 2.92. The third kappa shape index (κ3) is 4.65. The van der Waals surface area contributed by atoms with Gasteiger partial charge in [0.2, 0.25) is 5.91 Å². The zero-order valence-corrected chi connectivity index (χ0v) is 9.96. The molecule has 3 N–H and O–H groups in total. The van der Waals surface area contributed by atoms with E-state index in [9.17, 15) is 4.79 Å². The van der Waals surface area contributed by atoms with E-state index in [0.29, 0.717) is 0 Å². The molecule has 15 heavy (non-hydrogen) atoms. The summed E-state index contributed by atoms with van der Waals surface area (Å²) >= 11 is 0. The van der Waals surface area contributed by atoms with Gasteiger partial charge >= 0.3 is 0 Å². The SMILES string of the molecule is CC[C@H](C)[C@H](N)C(=O)NCCCC1CC1. The first-order valence-electron chi connectivity index (χ1n) is 6.18. The summed E-state index contributed by atoms with van der Waals surface area (Å²) in [6.45, 7) is 4.87. The Hall–Kier alpha value is -0.570. The lowest BCUT2D eigenvalue weighted by molar-refractivity contribution is -0.123. The quantitative estimate of drug-likeness (QED) is 0.631. The van der Waals surface area contributed by atoms with Crippen LogP contribution in [0.25, 0.3) is 0 Å². The molecule has 88 valence electrons. The summed E-state index contributed by atoms with van der Waals surface area (Å²) in [6, 6.07) is -0.337. The summed E-state index contributed by atoms with van der Waals surface area (Å²) in [4.78, 5) is 11.6. The standard InChI is InChI=1S/C12H24N2O/c1-3-9(2)11(13)12(15)14-8-4-5-10-6-7-10/h9-11H,3-8,13H2,1-2H3,(H,14,15)/t9-,11-/m0/s1. The molecule has 0 aromatic heterocycles. The van der Waals surface area contributed by atoms with Gasteiger partial charge in [-0.25, -0.2) is 0 Å². The smallest absolute Gasteiger partial charge is 0.237 e. The van der Waals surface area contributed by atoms with Crippen LogP contribution in [0.15, 0.2) is 0 Å². The first-order chi connectivity index (χ1) is 7.15. The molecule has 0 spiro atoms. The van der Waals surface area contributed by atoms with Crippen LogP contribution in [0.2, 0.25) is 0 Å². The molecule has 0 saturated heterocycles. The molecule has 0 unspecified atom stereocenters. The van der Waals surface area contributed by atoms with Gasteiger partial charge in [-0.1, -0.05) is 33.1 Å². The molecule has 0 aromatic rings. The van der Waals surface area contributed by atoms with E-state index >= 15 is 0 Å². The van der Waals surface area contributed by atoms with E-state index in [1.165, 1.54) is 19.3 Å². The number of carbonyl (C=O) groups excluding carboxylic acids is 1. The number of carbonyl (C=O) groups is 1. The van der Waals surface area contributed by atoms with Crippen LogP contribution < -0.4 is 11.1 Å². The van der Waals surface area contributed by atoms with Crippen molar-refractivity contribution >= 4 is 5.91 Å². The number of nitrogens with one attached hydrogen (secondary N) is 1. The minimum absolute atomic E-state index is 0.0140. The van der Waals surface area contributed by atoms with Crippen molar-refractivity contribution in [1.82, 2.24) is 5.32 Å². The number of hydrogen-bond acceptors (Lipinski definition) is 2. The Morgan fingerprint density at radius 1 is 1.53 bits per heavy atom. The number of amides is 1. The van der Waals surface area contributed by atoms with Crippen LogP contribution in [-0.2, 0) is 4.79 Å². The van der Waals surface area contributed by atoms with Crippen molar-refractivity contribution in [2.45, 2.75) is 52.0 Å². The summed E-state index contributed by atoms with van der Waals surface area (Å²) in [7, 11) is 0. The van der Waals surface area contributed by atoms with Crippen molar-refractivity contribution in [3.05, 3.63) is 0 Å². The van der Waals surface area contributed by atoms with Crippen LogP contribution in [0.1, 0.15) is 46.0 Å². The van der Waals surface area contributed by atoms with E-state index in [2.05, 4.69) is 12.2 Å². The Morgan fingerprint density at radius 3 is 2.73 bits per heavy atom. The first kappa shape index (κ1) is 12.5. The third-order valence-electron chi connectivity index (χ3n) is 3.35. The molecule has 1 saturated carbocycles. The minimum atomic E-state index is -0.337. The fraction of sp³-hybridized carbons (Fsp3) is 0.917. The van der Waals surface area contributed by atoms with Crippen LogP contribution in [0.5, 0.6) is 0 Å². The van der Waals surface area contributed by atoms with Gasteiger partial charge in [0.25, 0.3) is 0 Å². The van der Waals surface area contributed by atoms with Gasteiger partial charge in [0, 0.05) is 6.54 Å². The van der Waals surface area contributed by atoms with Crippen molar-refractivity contribution in [1.29, 1.82) is 0 Å². The Kier molecular flexibility index (Phi) is 5.09. The maximum atomic E-state index is 11.6. The second-order valence-corrected chi connectivity index (χ2v) is 4.79. The molecule has 1 amide bonds. The molecule has 0 bridgehead atoms. The van der Waals surface area contributed by atoms with Crippen LogP contribution >= 0.6 is 0 Å². The van der Waals surface area contributed by atoms with Gasteiger partial charge in [-0.15, -0.1) is 0 Å². The fourth-order valence-corrected chi connectivity index (χ4v) is 1.64. The van der Waals surface area contributed by atoms with E-state index in [1.807, 2.05) is 6.92 Å². The van der Waals surface area contributed by atoms with Crippen molar-refractivity contribution < 1.29 is 4.79 Å². The molecule has 1 fully saturated rings. The second-order valence-electron chi connectivity index (χ2n) is 4.79. The molecule has 0 aromatic carbocycles. The highest BCUT2D eigenvalue weighted by atomic mass is 16.2. The van der Waals surface area contributed by atoms with E-state index in [1.54, 1.807) is 0 Å². The Balaban J connectivity index is 2.05. The average molecular weight is 212 g/mol. The monoisotopic (exact) mass is 212 g/mol. The zero-order chi connectivity index (χ0) is 11.3. The molecule has 0 radical (unpaired) electrons. The largest absolute Gasteiger partial charge is 0.355 e. The zero-order valence-electron chi connectivity index (χ0n) is 9.96. The molecule has 1 aliphatic carbocycles. The highest BCUT2D eigenvalue weighted by Crippen LogP contribution is 2.33. The Labute approximate surface area is 92.8 Å². The van der Waals surface area contributed by atoms with Crippen molar-refractivity contribution in [3.63, 3.8) is 0 Å². The molecule has 3 nitrogen and oxygen atoms in total. The minimum Gasteiger partial charge on any atom is -0.355 e. The van der Waals surface area contributed by atoms with Crippen LogP contribution in [0.4, 0.5) is 0 Å². The predicted octanol–water partition coefficient (Wildman–Crippen LogP) is 1.67. The maximum Gasteiger partial charge on any atom is 0.237 e. The fourth-order valence-electron chi connectivity index (χ4n) is 1.64. The first-order valence-corrected chi connectivity index (χ1v) is 6.18. The van der Waals surface area contributed by atoms with Crippen LogP contribution in [0, 0.1) is 11.8 Å². The van der Waals surface area contributed by atoms with Crippen LogP contribution in [0.3, 0.4) is 0 Å². The lowest BCUT2D eigenvalue weighted by atomic mass is 9.99. The maximum absolute atomic E-state index is 11.6. The molecule has 1 rings (SSSR count). The van der Waals surface area contributed by atoms with Crippen molar-refractivity contribution in [2.24, 2.45) is 17.6 Å². The number of nitrogens with two attached hydrogens (primary N) is 1. The van der Waals surface area contributed by atoms with E-state index in [0.717, 1.165) is 25.3 Å². The Morgan fingerprint density at radius 2 is 2.20 bits per heavy atom. The summed E-state index contributed by atoms with van der Waals surface area (Å²) < 4.78 is 0. The summed E-state index contributed by atoms with van der Waals surface area (Å²) in [5.74, 6) is 1.23.